The maximum atomic E-state index is 14.0. The van der Waals surface area contributed by atoms with E-state index in [0.717, 1.165) is 9.87 Å². The molecule has 0 aromatic heterocycles. The molecule has 3 aromatic carbocycles. The van der Waals surface area contributed by atoms with Gasteiger partial charge in [0.15, 0.2) is 0 Å². The molecule has 3 rings (SSSR count). The van der Waals surface area contributed by atoms with Gasteiger partial charge in [-0.25, -0.2) is 8.42 Å². The van der Waals surface area contributed by atoms with Crippen molar-refractivity contribution in [3.05, 3.63) is 88.9 Å². The fourth-order valence-corrected chi connectivity index (χ4v) is 5.75. The minimum Gasteiger partial charge on any atom is -0.492 e. The van der Waals surface area contributed by atoms with Gasteiger partial charge in [0.05, 0.1) is 17.2 Å². The van der Waals surface area contributed by atoms with Gasteiger partial charge >= 0.3 is 0 Å². The number of sulfonamides is 1. The highest BCUT2D eigenvalue weighted by Crippen LogP contribution is 2.33. The summed E-state index contributed by atoms with van der Waals surface area (Å²) in [6, 6.07) is 19.0. The van der Waals surface area contributed by atoms with Gasteiger partial charge in [0.25, 0.3) is 10.0 Å². The Labute approximate surface area is 241 Å². The van der Waals surface area contributed by atoms with E-state index >= 15 is 0 Å². The second kappa shape index (κ2) is 13.7. The lowest BCUT2D eigenvalue weighted by atomic mass is 10.1. The Bertz CT molecular complexity index is 1430. The van der Waals surface area contributed by atoms with E-state index in [-0.39, 0.29) is 29.1 Å². The first-order valence-electron chi connectivity index (χ1n) is 13.1. The molecular weight excluding hydrogens is 550 g/mol. The van der Waals surface area contributed by atoms with Crippen molar-refractivity contribution >= 4 is 39.1 Å². The molecule has 0 saturated carbocycles. The fraction of sp³-hybridized carbons (Fsp3) is 0.333. The molecule has 10 heteroatoms. The Morgan fingerprint density at radius 2 is 1.65 bits per heavy atom. The average Bonchev–Trinajstić information content (AvgIpc) is 2.90. The second-order valence-electron chi connectivity index (χ2n) is 9.72. The summed E-state index contributed by atoms with van der Waals surface area (Å²) in [5.74, 6) is -0.595. The number of nitrogens with zero attached hydrogens (tertiary/aromatic N) is 2. The molecule has 0 saturated heterocycles. The molecular formula is C30H36ClN3O5S. The zero-order valence-corrected chi connectivity index (χ0v) is 25.0. The number of rotatable bonds is 12. The topological polar surface area (TPSA) is 96.0 Å². The summed E-state index contributed by atoms with van der Waals surface area (Å²) in [6.07, 6.45) is 0. The van der Waals surface area contributed by atoms with Crippen LogP contribution in [-0.4, -0.2) is 50.4 Å². The van der Waals surface area contributed by atoms with Crippen LogP contribution in [0.5, 0.6) is 5.75 Å². The van der Waals surface area contributed by atoms with Crippen molar-refractivity contribution < 1.29 is 22.7 Å². The number of hydrogen-bond donors (Lipinski definition) is 1. The smallest absolute Gasteiger partial charge is 0.264 e. The van der Waals surface area contributed by atoms with E-state index in [2.05, 4.69) is 5.32 Å². The third kappa shape index (κ3) is 7.76. The largest absolute Gasteiger partial charge is 0.492 e. The van der Waals surface area contributed by atoms with Crippen molar-refractivity contribution in [2.75, 3.05) is 17.5 Å². The van der Waals surface area contributed by atoms with Crippen LogP contribution in [0.15, 0.2) is 77.7 Å². The van der Waals surface area contributed by atoms with Crippen molar-refractivity contribution in [2.45, 2.75) is 58.1 Å². The van der Waals surface area contributed by atoms with Crippen molar-refractivity contribution in [1.29, 1.82) is 0 Å². The zero-order valence-electron chi connectivity index (χ0n) is 23.4. The third-order valence-corrected chi connectivity index (χ3v) is 8.17. The lowest BCUT2D eigenvalue weighted by Crippen LogP contribution is -2.52. The Morgan fingerprint density at radius 1 is 0.975 bits per heavy atom. The van der Waals surface area contributed by atoms with Gasteiger partial charge in [-0.1, -0.05) is 53.6 Å². The highest BCUT2D eigenvalue weighted by Gasteiger charge is 2.34. The normalized spacial score (nSPS) is 12.1. The third-order valence-electron chi connectivity index (χ3n) is 6.16. The molecule has 1 N–H and O–H groups in total. The molecule has 40 heavy (non-hydrogen) atoms. The number of carbonyl (C=O) groups excluding carboxylic acids is 2. The van der Waals surface area contributed by atoms with Gasteiger partial charge in [-0.05, 0) is 76.6 Å². The summed E-state index contributed by atoms with van der Waals surface area (Å²) < 4.78 is 34.8. The van der Waals surface area contributed by atoms with Gasteiger partial charge in [0.1, 0.15) is 18.3 Å². The van der Waals surface area contributed by atoms with Gasteiger partial charge in [0, 0.05) is 17.6 Å². The van der Waals surface area contributed by atoms with E-state index in [4.69, 9.17) is 16.3 Å². The number of ether oxygens (including phenoxy) is 1. The van der Waals surface area contributed by atoms with E-state index in [1.54, 1.807) is 74.5 Å². The molecule has 3 aromatic rings. The number of hydrogen-bond acceptors (Lipinski definition) is 5. The van der Waals surface area contributed by atoms with Gasteiger partial charge in [-0.3, -0.25) is 13.9 Å². The molecule has 1 atom stereocenters. The van der Waals surface area contributed by atoms with Gasteiger partial charge in [0.2, 0.25) is 11.8 Å². The molecule has 0 spiro atoms. The molecule has 0 aliphatic heterocycles. The molecule has 0 radical (unpaired) electrons. The van der Waals surface area contributed by atoms with E-state index in [0.29, 0.717) is 22.9 Å². The number of nitrogens with one attached hydrogen (secondary N) is 1. The van der Waals surface area contributed by atoms with Crippen molar-refractivity contribution in [3.8, 4) is 5.75 Å². The van der Waals surface area contributed by atoms with Crippen LogP contribution < -0.4 is 14.4 Å². The van der Waals surface area contributed by atoms with Gasteiger partial charge in [-0.2, -0.15) is 0 Å². The first-order chi connectivity index (χ1) is 18.9. The molecule has 214 valence electrons. The summed E-state index contributed by atoms with van der Waals surface area (Å²) in [5.41, 5.74) is 1.82. The Hall–Kier alpha value is -3.56. The monoisotopic (exact) mass is 585 g/mol. The van der Waals surface area contributed by atoms with Crippen LogP contribution in [0.2, 0.25) is 5.02 Å². The van der Waals surface area contributed by atoms with Crippen molar-refractivity contribution in [2.24, 2.45) is 0 Å². The standard InChI is InChI=1S/C30H36ClN3O5S/c1-6-39-28-13-8-7-12-27(28)34(40(37,38)26-16-14-22(4)15-17-26)20-29(35)33(23(5)30(36)32-21(2)3)19-24-10-9-11-25(31)18-24/h7-18,21,23H,6,19-20H2,1-5H3,(H,32,36)/t23-/m0/s1. The molecule has 0 aliphatic rings. The Morgan fingerprint density at radius 3 is 2.27 bits per heavy atom. The van der Waals surface area contributed by atoms with Gasteiger partial charge < -0.3 is 15.0 Å². The Balaban J connectivity index is 2.09. The first-order valence-corrected chi connectivity index (χ1v) is 14.9. The van der Waals surface area contributed by atoms with Crippen LogP contribution in [-0.2, 0) is 26.2 Å². The van der Waals surface area contributed by atoms with Crippen LogP contribution in [0.1, 0.15) is 38.8 Å². The number of aryl methyl sites for hydroxylation is 1. The molecule has 0 fully saturated rings. The molecule has 0 unspecified atom stereocenters. The van der Waals surface area contributed by atoms with Crippen LogP contribution in [0.3, 0.4) is 0 Å². The number of para-hydroxylation sites is 2. The van der Waals surface area contributed by atoms with E-state index < -0.39 is 28.5 Å². The van der Waals surface area contributed by atoms with Crippen LogP contribution >= 0.6 is 11.6 Å². The van der Waals surface area contributed by atoms with Crippen LogP contribution in [0, 0.1) is 6.92 Å². The van der Waals surface area contributed by atoms with E-state index in [9.17, 15) is 18.0 Å². The maximum Gasteiger partial charge on any atom is 0.264 e. The molecule has 8 nitrogen and oxygen atoms in total. The van der Waals surface area contributed by atoms with Crippen LogP contribution in [0.4, 0.5) is 5.69 Å². The maximum absolute atomic E-state index is 14.0. The molecule has 0 bridgehead atoms. The summed E-state index contributed by atoms with van der Waals surface area (Å²) >= 11 is 6.18. The fourth-order valence-electron chi connectivity index (χ4n) is 4.11. The molecule has 0 heterocycles. The average molecular weight is 586 g/mol. The minimum absolute atomic E-state index is 0.0317. The number of halogens is 1. The first kappa shape index (κ1) is 31.0. The lowest BCUT2D eigenvalue weighted by Gasteiger charge is -2.32. The highest BCUT2D eigenvalue weighted by atomic mass is 35.5. The van der Waals surface area contributed by atoms with Crippen molar-refractivity contribution in [3.63, 3.8) is 0 Å². The van der Waals surface area contributed by atoms with Crippen LogP contribution in [0.25, 0.3) is 0 Å². The quantitative estimate of drug-likeness (QED) is 0.316. The van der Waals surface area contributed by atoms with Crippen molar-refractivity contribution in [1.82, 2.24) is 10.2 Å². The summed E-state index contributed by atoms with van der Waals surface area (Å²) in [5, 5.41) is 3.32. The van der Waals surface area contributed by atoms with E-state index in [1.807, 2.05) is 20.8 Å². The summed E-state index contributed by atoms with van der Waals surface area (Å²) in [4.78, 5) is 28.4. The minimum atomic E-state index is -4.20. The number of anilines is 1. The van der Waals surface area contributed by atoms with E-state index in [1.165, 1.54) is 17.0 Å². The second-order valence-corrected chi connectivity index (χ2v) is 12.0. The number of benzene rings is 3. The number of carbonyl (C=O) groups is 2. The number of amides is 2. The predicted octanol–water partition coefficient (Wildman–Crippen LogP) is 5.18. The SMILES string of the molecule is CCOc1ccccc1N(CC(=O)N(Cc1cccc(Cl)c1)[C@@H](C)C(=O)NC(C)C)S(=O)(=O)c1ccc(C)cc1. The molecule has 0 aliphatic carbocycles. The lowest BCUT2D eigenvalue weighted by molar-refractivity contribution is -0.139. The predicted molar refractivity (Wildman–Crippen MR) is 158 cm³/mol. The molecule has 2 amide bonds. The Kier molecular flexibility index (Phi) is 10.6. The highest BCUT2D eigenvalue weighted by molar-refractivity contribution is 7.92. The zero-order chi connectivity index (χ0) is 29.4. The summed E-state index contributed by atoms with van der Waals surface area (Å²) in [7, 11) is -4.20. The summed E-state index contributed by atoms with van der Waals surface area (Å²) in [6.45, 7) is 8.73. The van der Waals surface area contributed by atoms with Gasteiger partial charge in [-0.15, -0.1) is 0 Å².